The van der Waals surface area contributed by atoms with E-state index in [-0.39, 0.29) is 11.9 Å². The van der Waals surface area contributed by atoms with E-state index in [1.54, 1.807) is 0 Å². The van der Waals surface area contributed by atoms with Crippen molar-refractivity contribution in [2.75, 3.05) is 6.54 Å². The number of aliphatic hydroxyl groups excluding tert-OH is 1. The first-order valence-electron chi connectivity index (χ1n) is 7.57. The second-order valence-electron chi connectivity index (χ2n) is 5.88. The molecule has 1 aliphatic heterocycles. The summed E-state index contributed by atoms with van der Waals surface area (Å²) in [6.45, 7) is 1.56. The quantitative estimate of drug-likeness (QED) is 0.648. The number of benzene rings is 1. The van der Waals surface area contributed by atoms with Gasteiger partial charge in [-0.15, -0.1) is 0 Å². The number of carbonyl (C=O) groups is 1. The zero-order chi connectivity index (χ0) is 15.1. The molecule has 114 valence electrons. The van der Waals surface area contributed by atoms with Crippen LogP contribution in [0, 0.1) is 0 Å². The Bertz CT molecular complexity index is 725. The molecule has 0 radical (unpaired) electrons. The number of H-pyrrole nitrogens is 1. The summed E-state index contributed by atoms with van der Waals surface area (Å²) in [5.74, 6) is -0.222. The maximum Gasteiger partial charge on any atom is 0.272 e. The van der Waals surface area contributed by atoms with Gasteiger partial charge in [0.15, 0.2) is 5.69 Å². The number of carbonyl (C=O) groups excluding carboxylic acids is 1. The van der Waals surface area contributed by atoms with E-state index >= 15 is 0 Å². The van der Waals surface area contributed by atoms with E-state index in [0.29, 0.717) is 18.7 Å². The molecule has 0 saturated carbocycles. The van der Waals surface area contributed by atoms with Crippen LogP contribution in [0.1, 0.15) is 38.9 Å². The summed E-state index contributed by atoms with van der Waals surface area (Å²) >= 11 is 0. The van der Waals surface area contributed by atoms with Crippen LogP contribution in [0.5, 0.6) is 0 Å². The number of amides is 1. The van der Waals surface area contributed by atoms with Gasteiger partial charge in [0.05, 0.1) is 17.8 Å². The van der Waals surface area contributed by atoms with Crippen LogP contribution in [0.4, 0.5) is 0 Å². The van der Waals surface area contributed by atoms with Gasteiger partial charge in [-0.3, -0.25) is 9.89 Å². The van der Waals surface area contributed by atoms with E-state index in [1.165, 1.54) is 0 Å². The number of aromatic nitrogens is 2. The lowest BCUT2D eigenvalue weighted by Gasteiger charge is -2.18. The fourth-order valence-electron chi connectivity index (χ4n) is 3.39. The Morgan fingerprint density at radius 3 is 3.14 bits per heavy atom. The van der Waals surface area contributed by atoms with Crippen molar-refractivity contribution in [2.24, 2.45) is 0 Å². The molecule has 1 amide bonds. The SMILES string of the molecule is O=C(N[C@@H]1c2ccccc2C[C@@H]1O)c1n[nH]c2c1CCNC2. The number of hydrogen-bond acceptors (Lipinski definition) is 4. The van der Waals surface area contributed by atoms with Crippen LogP contribution >= 0.6 is 0 Å². The molecule has 4 rings (SSSR count). The normalized spacial score (nSPS) is 23.0. The lowest BCUT2D eigenvalue weighted by molar-refractivity contribution is 0.0852. The maximum absolute atomic E-state index is 12.6. The monoisotopic (exact) mass is 298 g/mol. The van der Waals surface area contributed by atoms with Crippen LogP contribution in [0.3, 0.4) is 0 Å². The van der Waals surface area contributed by atoms with Gasteiger partial charge in [-0.05, 0) is 24.1 Å². The van der Waals surface area contributed by atoms with Gasteiger partial charge in [-0.2, -0.15) is 5.10 Å². The number of aliphatic hydroxyl groups is 1. The standard InChI is InChI=1S/C16H18N4O2/c21-13-7-9-3-1-2-4-10(9)14(13)18-16(22)15-11-5-6-17-8-12(11)19-20-15/h1-4,13-14,17,21H,5-8H2,(H,18,22)(H,19,20)/t13-,14+/m0/s1. The van der Waals surface area contributed by atoms with E-state index in [0.717, 1.165) is 35.3 Å². The molecule has 1 aromatic carbocycles. The Balaban J connectivity index is 1.59. The van der Waals surface area contributed by atoms with Crippen molar-refractivity contribution in [1.82, 2.24) is 20.8 Å². The predicted molar refractivity (Wildman–Crippen MR) is 80.4 cm³/mol. The highest BCUT2D eigenvalue weighted by molar-refractivity contribution is 5.94. The molecule has 0 spiro atoms. The average Bonchev–Trinajstić information content (AvgIpc) is 3.09. The summed E-state index contributed by atoms with van der Waals surface area (Å²) in [7, 11) is 0. The van der Waals surface area contributed by atoms with Crippen LogP contribution in [0.2, 0.25) is 0 Å². The third-order valence-corrected chi connectivity index (χ3v) is 4.51. The van der Waals surface area contributed by atoms with Crippen molar-refractivity contribution < 1.29 is 9.90 Å². The lowest BCUT2D eigenvalue weighted by atomic mass is 10.0. The maximum atomic E-state index is 12.6. The molecule has 0 saturated heterocycles. The highest BCUT2D eigenvalue weighted by Gasteiger charge is 2.33. The Hall–Kier alpha value is -2.18. The zero-order valence-electron chi connectivity index (χ0n) is 12.1. The number of rotatable bonds is 2. The van der Waals surface area contributed by atoms with Crippen LogP contribution in [-0.2, 0) is 19.4 Å². The molecule has 2 aliphatic rings. The average molecular weight is 298 g/mol. The molecule has 2 aromatic rings. The number of fused-ring (bicyclic) bond motifs is 2. The summed E-state index contributed by atoms with van der Waals surface area (Å²) < 4.78 is 0. The summed E-state index contributed by atoms with van der Waals surface area (Å²) in [6, 6.07) is 7.47. The van der Waals surface area contributed by atoms with E-state index < -0.39 is 6.10 Å². The minimum absolute atomic E-state index is 0.222. The molecule has 4 N–H and O–H groups in total. The fourth-order valence-corrected chi connectivity index (χ4v) is 3.39. The largest absolute Gasteiger partial charge is 0.390 e. The van der Waals surface area contributed by atoms with Crippen molar-refractivity contribution in [3.8, 4) is 0 Å². The van der Waals surface area contributed by atoms with Crippen LogP contribution in [-0.4, -0.2) is 33.9 Å². The third kappa shape index (κ3) is 2.12. The van der Waals surface area contributed by atoms with Gasteiger partial charge in [-0.25, -0.2) is 0 Å². The van der Waals surface area contributed by atoms with E-state index in [1.807, 2.05) is 24.3 Å². The molecule has 1 aliphatic carbocycles. The summed E-state index contributed by atoms with van der Waals surface area (Å²) in [5, 5.41) is 23.5. The molecule has 1 aromatic heterocycles. The van der Waals surface area contributed by atoms with Gasteiger partial charge in [0.2, 0.25) is 0 Å². The Kier molecular flexibility index (Phi) is 3.20. The van der Waals surface area contributed by atoms with Crippen molar-refractivity contribution in [3.05, 3.63) is 52.3 Å². The first-order chi connectivity index (χ1) is 10.7. The molecule has 0 fully saturated rings. The predicted octanol–water partition coefficient (Wildman–Crippen LogP) is 0.443. The number of nitrogens with zero attached hydrogens (tertiary/aromatic N) is 1. The van der Waals surface area contributed by atoms with E-state index in [4.69, 9.17) is 0 Å². The van der Waals surface area contributed by atoms with Gasteiger partial charge < -0.3 is 15.7 Å². The number of aromatic amines is 1. The topological polar surface area (TPSA) is 90.0 Å². The molecule has 6 nitrogen and oxygen atoms in total. The van der Waals surface area contributed by atoms with Crippen LogP contribution in [0.25, 0.3) is 0 Å². The second kappa shape index (κ2) is 5.23. The molecule has 0 bridgehead atoms. The first kappa shape index (κ1) is 13.5. The first-order valence-corrected chi connectivity index (χ1v) is 7.57. The Labute approximate surface area is 127 Å². The highest BCUT2D eigenvalue weighted by atomic mass is 16.3. The summed E-state index contributed by atoms with van der Waals surface area (Å²) in [5.41, 5.74) is 4.50. The minimum atomic E-state index is -0.585. The molecule has 0 unspecified atom stereocenters. The van der Waals surface area contributed by atoms with Crippen molar-refractivity contribution >= 4 is 5.91 Å². The number of nitrogens with one attached hydrogen (secondary N) is 3. The second-order valence-corrected chi connectivity index (χ2v) is 5.88. The van der Waals surface area contributed by atoms with Gasteiger partial charge in [0.25, 0.3) is 5.91 Å². The molecule has 2 atom stereocenters. The molecule has 2 heterocycles. The molecular weight excluding hydrogens is 280 g/mol. The molecule has 22 heavy (non-hydrogen) atoms. The lowest BCUT2D eigenvalue weighted by Crippen LogP contribution is -2.35. The van der Waals surface area contributed by atoms with E-state index in [9.17, 15) is 9.90 Å². The van der Waals surface area contributed by atoms with Gasteiger partial charge in [0.1, 0.15) is 0 Å². The van der Waals surface area contributed by atoms with Crippen molar-refractivity contribution in [1.29, 1.82) is 0 Å². The van der Waals surface area contributed by atoms with E-state index in [2.05, 4.69) is 20.8 Å². The highest BCUT2D eigenvalue weighted by Crippen LogP contribution is 2.31. The smallest absolute Gasteiger partial charge is 0.272 e. The fraction of sp³-hybridized carbons (Fsp3) is 0.375. The number of hydrogen-bond donors (Lipinski definition) is 4. The van der Waals surface area contributed by atoms with Crippen LogP contribution < -0.4 is 10.6 Å². The van der Waals surface area contributed by atoms with Gasteiger partial charge in [-0.1, -0.05) is 24.3 Å². The van der Waals surface area contributed by atoms with Crippen LogP contribution in [0.15, 0.2) is 24.3 Å². The van der Waals surface area contributed by atoms with Crippen molar-refractivity contribution in [2.45, 2.75) is 31.5 Å². The van der Waals surface area contributed by atoms with Gasteiger partial charge in [0, 0.05) is 18.5 Å². The Morgan fingerprint density at radius 1 is 1.36 bits per heavy atom. The molecular formula is C16H18N4O2. The van der Waals surface area contributed by atoms with Gasteiger partial charge >= 0.3 is 0 Å². The molecule has 6 heteroatoms. The minimum Gasteiger partial charge on any atom is -0.390 e. The third-order valence-electron chi connectivity index (χ3n) is 4.51. The zero-order valence-corrected chi connectivity index (χ0v) is 12.1. The Morgan fingerprint density at radius 2 is 2.23 bits per heavy atom. The van der Waals surface area contributed by atoms with Crippen molar-refractivity contribution in [3.63, 3.8) is 0 Å². The summed E-state index contributed by atoms with van der Waals surface area (Å²) in [6.07, 6.45) is 0.778. The summed E-state index contributed by atoms with van der Waals surface area (Å²) in [4.78, 5) is 12.6.